The fraction of sp³-hybridized carbons (Fsp3) is 0.400. The van der Waals surface area contributed by atoms with Gasteiger partial charge in [0, 0.05) is 19.2 Å². The molecule has 2 aromatic rings. The highest BCUT2D eigenvalue weighted by Gasteiger charge is 2.16. The second-order valence-corrected chi connectivity index (χ2v) is 6.15. The molecular formula is C20H25NO3. The van der Waals surface area contributed by atoms with Crippen LogP contribution in [0, 0.1) is 0 Å². The molecule has 2 unspecified atom stereocenters. The van der Waals surface area contributed by atoms with Crippen LogP contribution in [0.15, 0.2) is 48.5 Å². The third kappa shape index (κ3) is 4.08. The van der Waals surface area contributed by atoms with Gasteiger partial charge in [-0.3, -0.25) is 0 Å². The topological polar surface area (TPSA) is 50.7 Å². The molecule has 0 aliphatic carbocycles. The van der Waals surface area contributed by atoms with Crippen molar-refractivity contribution in [2.75, 3.05) is 26.4 Å². The number of hydrogen-bond donors (Lipinski definition) is 2. The number of aliphatic hydroxyl groups excluding tert-OH is 1. The van der Waals surface area contributed by atoms with Gasteiger partial charge in [-0.2, -0.15) is 0 Å². The molecule has 0 saturated carbocycles. The largest absolute Gasteiger partial charge is 0.486 e. The second kappa shape index (κ2) is 8.18. The molecule has 2 N–H and O–H groups in total. The van der Waals surface area contributed by atoms with E-state index in [9.17, 15) is 5.11 Å². The van der Waals surface area contributed by atoms with Crippen molar-refractivity contribution >= 4 is 0 Å². The Morgan fingerprint density at radius 3 is 2.50 bits per heavy atom. The van der Waals surface area contributed by atoms with E-state index in [1.165, 1.54) is 11.1 Å². The lowest BCUT2D eigenvalue weighted by Gasteiger charge is -2.23. The molecule has 0 saturated heterocycles. The van der Waals surface area contributed by atoms with Crippen molar-refractivity contribution in [2.24, 2.45) is 0 Å². The van der Waals surface area contributed by atoms with Gasteiger partial charge in [0.2, 0.25) is 0 Å². The molecule has 0 radical (unpaired) electrons. The minimum Gasteiger partial charge on any atom is -0.486 e. The fourth-order valence-corrected chi connectivity index (χ4v) is 3.03. The molecule has 0 spiro atoms. The highest BCUT2D eigenvalue weighted by molar-refractivity contribution is 5.44. The number of ether oxygens (including phenoxy) is 2. The first-order valence-corrected chi connectivity index (χ1v) is 8.56. The van der Waals surface area contributed by atoms with Gasteiger partial charge in [-0.1, -0.05) is 36.4 Å². The van der Waals surface area contributed by atoms with Crippen LogP contribution in [0.5, 0.6) is 11.5 Å². The summed E-state index contributed by atoms with van der Waals surface area (Å²) < 4.78 is 11.2. The van der Waals surface area contributed by atoms with Crippen LogP contribution in [0.25, 0.3) is 0 Å². The minimum atomic E-state index is 0.194. The standard InChI is InChI=1S/C20H25NO3/c1-15(17-7-8-19-20(13-17)24-12-11-23-19)21-14-18(9-10-22)16-5-3-2-4-6-16/h2-8,13,15,18,21-22H,9-12,14H2,1H3. The molecule has 4 nitrogen and oxygen atoms in total. The van der Waals surface area contributed by atoms with Gasteiger partial charge in [-0.15, -0.1) is 0 Å². The van der Waals surface area contributed by atoms with E-state index in [4.69, 9.17) is 9.47 Å². The Balaban J connectivity index is 1.64. The number of aliphatic hydroxyl groups is 1. The lowest BCUT2D eigenvalue weighted by molar-refractivity contribution is 0.171. The molecule has 24 heavy (non-hydrogen) atoms. The maximum Gasteiger partial charge on any atom is 0.161 e. The number of nitrogens with one attached hydrogen (secondary N) is 1. The smallest absolute Gasteiger partial charge is 0.161 e. The summed E-state index contributed by atoms with van der Waals surface area (Å²) in [5, 5.41) is 12.9. The van der Waals surface area contributed by atoms with Crippen LogP contribution in [-0.4, -0.2) is 31.5 Å². The average Bonchev–Trinajstić information content (AvgIpc) is 2.65. The van der Waals surface area contributed by atoms with Crippen LogP contribution in [0.1, 0.15) is 36.4 Å². The molecule has 4 heteroatoms. The van der Waals surface area contributed by atoms with Gasteiger partial charge in [0.05, 0.1) is 0 Å². The van der Waals surface area contributed by atoms with Gasteiger partial charge in [0.1, 0.15) is 13.2 Å². The summed E-state index contributed by atoms with van der Waals surface area (Å²) in [5.74, 6) is 1.94. The minimum absolute atomic E-state index is 0.194. The Hall–Kier alpha value is -2.04. The third-order valence-corrected chi connectivity index (χ3v) is 4.49. The summed E-state index contributed by atoms with van der Waals surface area (Å²) in [6.45, 7) is 4.37. The van der Waals surface area contributed by atoms with Crippen molar-refractivity contribution < 1.29 is 14.6 Å². The molecular weight excluding hydrogens is 302 g/mol. The van der Waals surface area contributed by atoms with E-state index in [1.807, 2.05) is 24.3 Å². The lowest BCUT2D eigenvalue weighted by atomic mass is 9.95. The molecule has 2 aromatic carbocycles. The Kier molecular flexibility index (Phi) is 5.72. The Morgan fingerprint density at radius 1 is 1.00 bits per heavy atom. The molecule has 0 bridgehead atoms. The van der Waals surface area contributed by atoms with Crippen molar-refractivity contribution in [3.05, 3.63) is 59.7 Å². The van der Waals surface area contributed by atoms with Gasteiger partial charge >= 0.3 is 0 Å². The maximum absolute atomic E-state index is 9.35. The number of fused-ring (bicyclic) bond motifs is 1. The van der Waals surface area contributed by atoms with E-state index < -0.39 is 0 Å². The maximum atomic E-state index is 9.35. The van der Waals surface area contributed by atoms with Gasteiger partial charge in [0.15, 0.2) is 11.5 Å². The third-order valence-electron chi connectivity index (χ3n) is 4.49. The summed E-state index contributed by atoms with van der Waals surface area (Å²) in [6.07, 6.45) is 0.755. The molecule has 0 aromatic heterocycles. The molecule has 0 fully saturated rings. The summed E-state index contributed by atoms with van der Waals surface area (Å²) >= 11 is 0. The van der Waals surface area contributed by atoms with E-state index in [-0.39, 0.29) is 12.6 Å². The van der Waals surface area contributed by atoms with E-state index >= 15 is 0 Å². The Morgan fingerprint density at radius 2 is 1.75 bits per heavy atom. The monoisotopic (exact) mass is 327 g/mol. The highest BCUT2D eigenvalue weighted by atomic mass is 16.6. The first kappa shape index (κ1) is 16.8. The first-order chi connectivity index (χ1) is 11.8. The van der Waals surface area contributed by atoms with Gasteiger partial charge in [-0.25, -0.2) is 0 Å². The predicted octanol–water partition coefficient (Wildman–Crippen LogP) is 3.27. The average molecular weight is 327 g/mol. The molecule has 1 aliphatic heterocycles. The van der Waals surface area contributed by atoms with Crippen molar-refractivity contribution in [2.45, 2.75) is 25.3 Å². The number of rotatable bonds is 7. The second-order valence-electron chi connectivity index (χ2n) is 6.15. The normalized spacial score (nSPS) is 15.8. The van der Waals surface area contributed by atoms with Crippen molar-refractivity contribution in [1.29, 1.82) is 0 Å². The van der Waals surface area contributed by atoms with Crippen LogP contribution in [0.3, 0.4) is 0 Å². The van der Waals surface area contributed by atoms with E-state index in [0.29, 0.717) is 19.1 Å². The SMILES string of the molecule is CC(NCC(CCO)c1ccccc1)c1ccc2c(c1)OCCO2. The van der Waals surface area contributed by atoms with E-state index in [0.717, 1.165) is 24.5 Å². The van der Waals surface area contributed by atoms with Gasteiger partial charge in [0.25, 0.3) is 0 Å². The zero-order chi connectivity index (χ0) is 16.8. The lowest BCUT2D eigenvalue weighted by Crippen LogP contribution is -2.25. The molecule has 128 valence electrons. The van der Waals surface area contributed by atoms with Gasteiger partial charge < -0.3 is 19.9 Å². The van der Waals surface area contributed by atoms with Crippen molar-refractivity contribution in [3.63, 3.8) is 0 Å². The zero-order valence-corrected chi connectivity index (χ0v) is 14.1. The van der Waals surface area contributed by atoms with Crippen molar-refractivity contribution in [1.82, 2.24) is 5.32 Å². The summed E-state index contributed by atoms with van der Waals surface area (Å²) in [4.78, 5) is 0. The van der Waals surface area contributed by atoms with Crippen LogP contribution < -0.4 is 14.8 Å². The molecule has 3 rings (SSSR count). The van der Waals surface area contributed by atoms with E-state index in [2.05, 4.69) is 36.5 Å². The fourth-order valence-electron chi connectivity index (χ4n) is 3.03. The molecule has 2 atom stereocenters. The summed E-state index contributed by atoms with van der Waals surface area (Å²) in [7, 11) is 0. The van der Waals surface area contributed by atoms with Crippen LogP contribution in [-0.2, 0) is 0 Å². The number of hydrogen-bond acceptors (Lipinski definition) is 4. The Bertz CT molecular complexity index is 645. The molecule has 1 aliphatic rings. The highest BCUT2D eigenvalue weighted by Crippen LogP contribution is 2.32. The van der Waals surface area contributed by atoms with Crippen LogP contribution in [0.4, 0.5) is 0 Å². The zero-order valence-electron chi connectivity index (χ0n) is 14.1. The van der Waals surface area contributed by atoms with Crippen LogP contribution in [0.2, 0.25) is 0 Å². The van der Waals surface area contributed by atoms with Crippen molar-refractivity contribution in [3.8, 4) is 11.5 Å². The van der Waals surface area contributed by atoms with Crippen LogP contribution >= 0.6 is 0 Å². The first-order valence-electron chi connectivity index (χ1n) is 8.56. The predicted molar refractivity (Wildman–Crippen MR) is 94.7 cm³/mol. The number of benzene rings is 2. The van der Waals surface area contributed by atoms with E-state index in [1.54, 1.807) is 0 Å². The molecule has 0 amide bonds. The quantitative estimate of drug-likeness (QED) is 0.819. The Labute approximate surface area is 143 Å². The summed E-state index contributed by atoms with van der Waals surface area (Å²) in [6, 6.07) is 16.7. The molecule has 1 heterocycles. The van der Waals surface area contributed by atoms with Gasteiger partial charge in [-0.05, 0) is 42.5 Å². The summed E-state index contributed by atoms with van der Waals surface area (Å²) in [5.41, 5.74) is 2.43.